The van der Waals surface area contributed by atoms with E-state index >= 15 is 0 Å². The molecule has 0 fully saturated rings. The summed E-state index contributed by atoms with van der Waals surface area (Å²) < 4.78 is 0. The predicted octanol–water partition coefficient (Wildman–Crippen LogP) is -0.472. The molecule has 0 atom stereocenters. The largest absolute Gasteiger partial charge is 0.508 e. The molecule has 1 rings (SSSR count). The van der Waals surface area contributed by atoms with Gasteiger partial charge in [0, 0.05) is 0 Å². The molecule has 0 aromatic heterocycles. The Balaban J connectivity index is 3.08. The summed E-state index contributed by atoms with van der Waals surface area (Å²) in [5.41, 5.74) is 0.664. The molecule has 0 aromatic rings. The number of ketones is 1. The molecule has 0 heterocycles. The van der Waals surface area contributed by atoms with Gasteiger partial charge in [0.15, 0.2) is 5.78 Å². The number of carbonyl (C=O) groups excluding carboxylic acids is 1. The Morgan fingerprint density at radius 3 is 2.25 bits per heavy atom. The van der Waals surface area contributed by atoms with Gasteiger partial charge in [-0.25, -0.2) is 0 Å². The van der Waals surface area contributed by atoms with Crippen molar-refractivity contribution in [1.82, 2.24) is 0 Å². The minimum Gasteiger partial charge on any atom is -0.508 e. The summed E-state index contributed by atoms with van der Waals surface area (Å²) in [4.78, 5) is 10.5. The molecule has 1 aliphatic carbocycles. The fraction of sp³-hybridized carbons (Fsp3) is 0. The third-order valence-electron chi connectivity index (χ3n) is 1.26. The third kappa shape index (κ3) is 0.359. The van der Waals surface area contributed by atoms with Crippen molar-refractivity contribution in [3.63, 3.8) is 0 Å². The first-order chi connectivity index (χ1) is 3.64. The summed E-state index contributed by atoms with van der Waals surface area (Å²) >= 11 is 0. The molecule has 0 amide bonds. The van der Waals surface area contributed by atoms with E-state index in [0.717, 1.165) is 0 Å². The van der Waals surface area contributed by atoms with E-state index in [-0.39, 0.29) is 17.1 Å². The van der Waals surface area contributed by atoms with Crippen LogP contribution in [0.5, 0.6) is 0 Å². The van der Waals surface area contributed by atoms with Crippen LogP contribution in [0.3, 0.4) is 0 Å². The second-order valence-corrected chi connectivity index (χ2v) is 1.78. The molecule has 0 aliphatic heterocycles. The van der Waals surface area contributed by atoms with Crippen molar-refractivity contribution in [3.05, 3.63) is 23.4 Å². The number of hydrogen-bond acceptors (Lipinski definition) is 2. The molecule has 0 unspecified atom stereocenters. The van der Waals surface area contributed by atoms with Gasteiger partial charge in [-0.3, -0.25) is 4.79 Å². The van der Waals surface area contributed by atoms with Gasteiger partial charge in [0.2, 0.25) is 0 Å². The molecular formula is C5H5BO2. The highest BCUT2D eigenvalue weighted by Gasteiger charge is 2.26. The summed E-state index contributed by atoms with van der Waals surface area (Å²) in [6, 6.07) is 0. The van der Waals surface area contributed by atoms with Crippen molar-refractivity contribution >= 4 is 13.6 Å². The lowest BCUT2D eigenvalue weighted by Crippen LogP contribution is -2.20. The number of rotatable bonds is 0. The predicted molar refractivity (Wildman–Crippen MR) is 32.3 cm³/mol. The summed E-state index contributed by atoms with van der Waals surface area (Å²) in [6.07, 6.45) is 0. The lowest BCUT2D eigenvalue weighted by molar-refractivity contribution is -0.113. The van der Waals surface area contributed by atoms with E-state index in [0.29, 0.717) is 5.47 Å². The molecule has 0 bridgehead atoms. The normalized spacial score (nSPS) is 19.0. The zero-order valence-electron chi connectivity index (χ0n) is 4.56. The Bertz CT molecular complexity index is 180. The van der Waals surface area contributed by atoms with Crippen molar-refractivity contribution in [2.75, 3.05) is 0 Å². The van der Waals surface area contributed by atoms with Gasteiger partial charge in [-0.15, -0.1) is 0 Å². The van der Waals surface area contributed by atoms with E-state index in [9.17, 15) is 4.79 Å². The molecule has 0 aromatic carbocycles. The Morgan fingerprint density at radius 1 is 1.62 bits per heavy atom. The Kier molecular flexibility index (Phi) is 0.804. The molecule has 0 saturated heterocycles. The van der Waals surface area contributed by atoms with Crippen molar-refractivity contribution in [2.24, 2.45) is 0 Å². The molecule has 8 heavy (non-hydrogen) atoms. The highest BCUT2D eigenvalue weighted by atomic mass is 16.3. The number of aliphatic hydroxyl groups excluding tert-OH is 1. The Labute approximate surface area is 47.9 Å². The molecule has 3 heteroatoms. The summed E-state index contributed by atoms with van der Waals surface area (Å²) in [5, 5.41) is 8.71. The van der Waals surface area contributed by atoms with Crippen LogP contribution in [0.25, 0.3) is 0 Å². The van der Waals surface area contributed by atoms with Crippen LogP contribution in [-0.2, 0) is 4.79 Å². The standard InChI is InChI=1S/C5H5BO2/c1-2-4(7)3(6)5(2)8/h7H,1,6H2. The first-order valence-electron chi connectivity index (χ1n) is 2.28. The van der Waals surface area contributed by atoms with Gasteiger partial charge >= 0.3 is 0 Å². The number of hydrogen-bond donors (Lipinski definition) is 1. The fourth-order valence-electron chi connectivity index (χ4n) is 0.605. The Hall–Kier alpha value is -0.985. The highest BCUT2D eigenvalue weighted by Crippen LogP contribution is 2.22. The smallest absolute Gasteiger partial charge is 0.186 e. The van der Waals surface area contributed by atoms with Crippen LogP contribution in [0.2, 0.25) is 0 Å². The maximum absolute atomic E-state index is 10.5. The number of Topliss-reactive ketones (excluding diaryl/α,β-unsaturated/α-hetero) is 1. The summed E-state index contributed by atoms with van der Waals surface area (Å²) in [6.45, 7) is 3.32. The maximum atomic E-state index is 10.5. The second-order valence-electron chi connectivity index (χ2n) is 1.78. The van der Waals surface area contributed by atoms with Gasteiger partial charge in [0.25, 0.3) is 0 Å². The zero-order chi connectivity index (χ0) is 6.31. The topological polar surface area (TPSA) is 37.3 Å². The second kappa shape index (κ2) is 1.25. The van der Waals surface area contributed by atoms with Crippen molar-refractivity contribution in [3.8, 4) is 0 Å². The van der Waals surface area contributed by atoms with Crippen LogP contribution < -0.4 is 0 Å². The molecule has 0 radical (unpaired) electrons. The lowest BCUT2D eigenvalue weighted by Gasteiger charge is -2.15. The first kappa shape index (κ1) is 5.16. The molecule has 40 valence electrons. The van der Waals surface area contributed by atoms with Crippen molar-refractivity contribution in [1.29, 1.82) is 0 Å². The van der Waals surface area contributed by atoms with Crippen LogP contribution in [0, 0.1) is 0 Å². The van der Waals surface area contributed by atoms with Gasteiger partial charge in [-0.1, -0.05) is 6.58 Å². The Morgan fingerprint density at radius 2 is 2.12 bits per heavy atom. The fourth-order valence-corrected chi connectivity index (χ4v) is 0.605. The van der Waals surface area contributed by atoms with Gasteiger partial charge in [0.05, 0.1) is 5.57 Å². The lowest BCUT2D eigenvalue weighted by atomic mass is 9.77. The van der Waals surface area contributed by atoms with E-state index in [4.69, 9.17) is 5.11 Å². The van der Waals surface area contributed by atoms with Gasteiger partial charge in [0.1, 0.15) is 13.6 Å². The van der Waals surface area contributed by atoms with E-state index in [1.165, 1.54) is 0 Å². The highest BCUT2D eigenvalue weighted by molar-refractivity contribution is 6.45. The summed E-state index contributed by atoms with van der Waals surface area (Å²) in [5.74, 6) is -0.0579. The van der Waals surface area contributed by atoms with E-state index in [1.807, 2.05) is 0 Å². The average Bonchev–Trinajstić information content (AvgIpc) is 1.83. The average molecular weight is 108 g/mol. The molecule has 1 N–H and O–H groups in total. The first-order valence-corrected chi connectivity index (χ1v) is 2.28. The van der Waals surface area contributed by atoms with Crippen LogP contribution in [0.1, 0.15) is 0 Å². The summed E-state index contributed by atoms with van der Waals surface area (Å²) in [7, 11) is 1.58. The van der Waals surface area contributed by atoms with Crippen LogP contribution in [0.15, 0.2) is 23.4 Å². The van der Waals surface area contributed by atoms with E-state index in [2.05, 4.69) is 6.58 Å². The zero-order valence-corrected chi connectivity index (χ0v) is 4.56. The van der Waals surface area contributed by atoms with Crippen molar-refractivity contribution < 1.29 is 9.90 Å². The molecular weight excluding hydrogens is 103 g/mol. The van der Waals surface area contributed by atoms with Crippen LogP contribution >= 0.6 is 0 Å². The third-order valence-corrected chi connectivity index (χ3v) is 1.26. The quantitative estimate of drug-likeness (QED) is 0.336. The molecule has 1 aliphatic rings. The number of allylic oxidation sites excluding steroid dienone is 2. The number of carbonyl (C=O) groups is 1. The molecule has 2 nitrogen and oxygen atoms in total. The monoisotopic (exact) mass is 108 g/mol. The van der Waals surface area contributed by atoms with Gasteiger partial charge in [-0.05, 0) is 5.47 Å². The van der Waals surface area contributed by atoms with E-state index in [1.54, 1.807) is 7.85 Å². The number of aliphatic hydroxyl groups is 1. The minimum atomic E-state index is -0.123. The SMILES string of the molecule is BC1=C(O)C(=C)C1=O. The minimum absolute atomic E-state index is 0.0648. The van der Waals surface area contributed by atoms with Crippen LogP contribution in [-0.4, -0.2) is 18.7 Å². The van der Waals surface area contributed by atoms with E-state index < -0.39 is 0 Å². The molecule has 0 spiro atoms. The van der Waals surface area contributed by atoms with Crippen molar-refractivity contribution in [2.45, 2.75) is 0 Å². The molecule has 0 saturated carbocycles. The van der Waals surface area contributed by atoms with Crippen LogP contribution in [0.4, 0.5) is 0 Å². The van der Waals surface area contributed by atoms with Gasteiger partial charge < -0.3 is 5.11 Å². The maximum Gasteiger partial charge on any atom is 0.186 e. The van der Waals surface area contributed by atoms with Gasteiger partial charge in [-0.2, -0.15) is 0 Å².